The van der Waals surface area contributed by atoms with Crippen LogP contribution in [-0.2, 0) is 14.2 Å². The Labute approximate surface area is 193 Å². The van der Waals surface area contributed by atoms with Crippen molar-refractivity contribution in [3.8, 4) is 0 Å². The van der Waals surface area contributed by atoms with E-state index in [0.29, 0.717) is 25.7 Å². The summed E-state index contributed by atoms with van der Waals surface area (Å²) in [6, 6.07) is 0. The number of likely N-dealkylation sites (tertiary alicyclic amines) is 1. The van der Waals surface area contributed by atoms with Gasteiger partial charge in [0.2, 0.25) is 0 Å². The van der Waals surface area contributed by atoms with E-state index in [0.717, 1.165) is 51.5 Å². The number of hydrogen-bond acceptors (Lipinski definition) is 5. The van der Waals surface area contributed by atoms with Crippen LogP contribution in [0.1, 0.15) is 47.0 Å². The monoisotopic (exact) mass is 528 g/mol. The average Bonchev–Trinajstić information content (AvgIpc) is 2.65. The maximum Gasteiger partial charge on any atom is 0.410 e. The standard InChI is InChI=1S/C20H40N4O4.HI/c1-7-23(19(25)28-20(2,3)4)14-11-22-18(21-5)24-12-9-17(10-13-24)27-16-8-15-26-6;/h17H,7-16H2,1-6H3,(H,21,22);1H. The molecule has 0 unspecified atom stereocenters. The van der Waals surface area contributed by atoms with Gasteiger partial charge in [-0.25, -0.2) is 4.79 Å². The van der Waals surface area contributed by atoms with Crippen LogP contribution in [0, 0.1) is 0 Å². The van der Waals surface area contributed by atoms with E-state index < -0.39 is 5.60 Å². The van der Waals surface area contributed by atoms with Crippen molar-refractivity contribution in [3.63, 3.8) is 0 Å². The van der Waals surface area contributed by atoms with Crippen LogP contribution < -0.4 is 5.32 Å². The summed E-state index contributed by atoms with van der Waals surface area (Å²) in [6.45, 7) is 12.7. The van der Waals surface area contributed by atoms with E-state index in [9.17, 15) is 4.79 Å². The van der Waals surface area contributed by atoms with E-state index in [1.165, 1.54) is 0 Å². The molecule has 0 aromatic carbocycles. The first-order valence-corrected chi connectivity index (χ1v) is 10.3. The Morgan fingerprint density at radius 2 is 1.90 bits per heavy atom. The Morgan fingerprint density at radius 3 is 2.41 bits per heavy atom. The van der Waals surface area contributed by atoms with Crippen LogP contribution in [0.3, 0.4) is 0 Å². The molecule has 0 atom stereocenters. The summed E-state index contributed by atoms with van der Waals surface area (Å²) in [6.07, 6.45) is 2.96. The first kappa shape index (κ1) is 28.2. The fourth-order valence-corrected chi connectivity index (χ4v) is 3.03. The summed E-state index contributed by atoms with van der Waals surface area (Å²) >= 11 is 0. The molecule has 9 heteroatoms. The summed E-state index contributed by atoms with van der Waals surface area (Å²) in [5.74, 6) is 0.873. The lowest BCUT2D eigenvalue weighted by Crippen LogP contribution is -2.49. The molecule has 29 heavy (non-hydrogen) atoms. The lowest BCUT2D eigenvalue weighted by atomic mass is 10.1. The van der Waals surface area contributed by atoms with Crippen molar-refractivity contribution in [2.75, 3.05) is 60.1 Å². The maximum absolute atomic E-state index is 12.2. The van der Waals surface area contributed by atoms with Gasteiger partial charge in [-0.2, -0.15) is 0 Å². The zero-order chi connectivity index (χ0) is 21.0. The van der Waals surface area contributed by atoms with Gasteiger partial charge in [0, 0.05) is 60.1 Å². The van der Waals surface area contributed by atoms with E-state index in [4.69, 9.17) is 14.2 Å². The van der Waals surface area contributed by atoms with Crippen molar-refractivity contribution < 1.29 is 19.0 Å². The minimum Gasteiger partial charge on any atom is -0.444 e. The van der Waals surface area contributed by atoms with Crippen LogP contribution in [0.15, 0.2) is 4.99 Å². The molecule has 1 aliphatic rings. The normalized spacial score (nSPS) is 15.7. The quantitative estimate of drug-likeness (QED) is 0.215. The minimum absolute atomic E-state index is 0. The largest absolute Gasteiger partial charge is 0.444 e. The number of amides is 1. The molecule has 1 N–H and O–H groups in total. The van der Waals surface area contributed by atoms with Crippen LogP contribution in [-0.4, -0.2) is 93.7 Å². The van der Waals surface area contributed by atoms with Crippen molar-refractivity contribution in [3.05, 3.63) is 0 Å². The van der Waals surface area contributed by atoms with Gasteiger partial charge in [-0.15, -0.1) is 24.0 Å². The molecule has 8 nitrogen and oxygen atoms in total. The molecular formula is C20H41IN4O4. The number of carbonyl (C=O) groups excluding carboxylic acids is 1. The molecule has 1 amide bonds. The SMILES string of the molecule is CCN(CCNC(=NC)N1CCC(OCCCOC)CC1)C(=O)OC(C)(C)C.I. The van der Waals surface area contributed by atoms with E-state index in [2.05, 4.69) is 15.2 Å². The Kier molecular flexibility index (Phi) is 14.6. The number of aliphatic imine (C=N–C) groups is 1. The van der Waals surface area contributed by atoms with Crippen LogP contribution in [0.5, 0.6) is 0 Å². The molecule has 172 valence electrons. The molecule has 1 rings (SSSR count). The lowest BCUT2D eigenvalue weighted by Gasteiger charge is -2.34. The number of hydrogen-bond donors (Lipinski definition) is 1. The van der Waals surface area contributed by atoms with Crippen molar-refractivity contribution in [1.29, 1.82) is 0 Å². The molecule has 1 saturated heterocycles. The van der Waals surface area contributed by atoms with Crippen LogP contribution >= 0.6 is 24.0 Å². The number of rotatable bonds is 9. The molecular weight excluding hydrogens is 487 g/mol. The fraction of sp³-hybridized carbons (Fsp3) is 0.900. The number of nitrogens with zero attached hydrogens (tertiary/aromatic N) is 3. The third kappa shape index (κ3) is 11.8. The fourth-order valence-electron chi connectivity index (χ4n) is 3.03. The number of nitrogens with one attached hydrogen (secondary N) is 1. The summed E-state index contributed by atoms with van der Waals surface area (Å²) in [4.78, 5) is 20.6. The number of halogens is 1. The van der Waals surface area contributed by atoms with Gasteiger partial charge in [-0.3, -0.25) is 4.99 Å². The highest BCUT2D eigenvalue weighted by atomic mass is 127. The van der Waals surface area contributed by atoms with Gasteiger partial charge >= 0.3 is 6.09 Å². The Morgan fingerprint density at radius 1 is 1.24 bits per heavy atom. The molecule has 0 saturated carbocycles. The van der Waals surface area contributed by atoms with Crippen LogP contribution in [0.25, 0.3) is 0 Å². The van der Waals surface area contributed by atoms with Gasteiger partial charge in [0.05, 0.1) is 6.10 Å². The van der Waals surface area contributed by atoms with E-state index in [1.54, 1.807) is 19.1 Å². The number of methoxy groups -OCH3 is 1. The van der Waals surface area contributed by atoms with Crippen molar-refractivity contribution >= 4 is 36.0 Å². The summed E-state index contributed by atoms with van der Waals surface area (Å²) in [5.41, 5.74) is -0.482. The van der Waals surface area contributed by atoms with Crippen molar-refractivity contribution in [1.82, 2.24) is 15.1 Å². The van der Waals surface area contributed by atoms with E-state index in [1.807, 2.05) is 27.7 Å². The van der Waals surface area contributed by atoms with E-state index in [-0.39, 0.29) is 30.1 Å². The summed E-state index contributed by atoms with van der Waals surface area (Å²) in [7, 11) is 3.51. The molecule has 1 fully saturated rings. The number of carbonyl (C=O) groups is 1. The molecule has 0 aromatic rings. The number of likely N-dealkylation sites (N-methyl/N-ethyl adjacent to an activating group) is 1. The second kappa shape index (κ2) is 15.1. The second-order valence-electron chi connectivity index (χ2n) is 7.94. The highest BCUT2D eigenvalue weighted by molar-refractivity contribution is 14.0. The predicted octanol–water partition coefficient (Wildman–Crippen LogP) is 2.95. The predicted molar refractivity (Wildman–Crippen MR) is 127 cm³/mol. The number of piperidine rings is 1. The first-order valence-electron chi connectivity index (χ1n) is 10.3. The van der Waals surface area contributed by atoms with Gasteiger partial charge in [0.15, 0.2) is 5.96 Å². The Balaban J connectivity index is 0.00000784. The third-order valence-corrected chi connectivity index (χ3v) is 4.50. The van der Waals surface area contributed by atoms with Crippen LogP contribution in [0.4, 0.5) is 4.79 Å². The smallest absolute Gasteiger partial charge is 0.410 e. The van der Waals surface area contributed by atoms with Crippen molar-refractivity contribution in [2.24, 2.45) is 4.99 Å². The van der Waals surface area contributed by atoms with Gasteiger partial charge < -0.3 is 29.3 Å². The molecule has 0 spiro atoms. The molecule has 0 bridgehead atoms. The topological polar surface area (TPSA) is 75.6 Å². The minimum atomic E-state index is -0.482. The summed E-state index contributed by atoms with van der Waals surface area (Å²) < 4.78 is 16.4. The first-order chi connectivity index (χ1) is 13.3. The zero-order valence-corrected chi connectivity index (χ0v) is 21.4. The zero-order valence-electron chi connectivity index (χ0n) is 19.0. The van der Waals surface area contributed by atoms with Crippen LogP contribution in [0.2, 0.25) is 0 Å². The number of guanidine groups is 1. The average molecular weight is 528 g/mol. The van der Waals surface area contributed by atoms with Crippen molar-refractivity contribution in [2.45, 2.75) is 58.7 Å². The number of ether oxygens (including phenoxy) is 3. The Hall–Kier alpha value is -0.810. The molecule has 0 radical (unpaired) electrons. The lowest BCUT2D eigenvalue weighted by molar-refractivity contribution is 0.00978. The molecule has 1 aliphatic heterocycles. The second-order valence-corrected chi connectivity index (χ2v) is 7.94. The molecule has 0 aliphatic carbocycles. The maximum atomic E-state index is 12.2. The molecule has 1 heterocycles. The third-order valence-electron chi connectivity index (χ3n) is 4.50. The van der Waals surface area contributed by atoms with E-state index >= 15 is 0 Å². The van der Waals surface area contributed by atoms with Gasteiger partial charge in [-0.1, -0.05) is 0 Å². The Bertz CT molecular complexity index is 478. The summed E-state index contributed by atoms with van der Waals surface area (Å²) in [5, 5.41) is 3.37. The van der Waals surface area contributed by atoms with Gasteiger partial charge in [0.1, 0.15) is 5.60 Å². The highest BCUT2D eigenvalue weighted by Gasteiger charge is 2.23. The van der Waals surface area contributed by atoms with Gasteiger partial charge in [0.25, 0.3) is 0 Å². The van der Waals surface area contributed by atoms with Gasteiger partial charge in [-0.05, 0) is 47.0 Å². The molecule has 0 aromatic heterocycles. The highest BCUT2D eigenvalue weighted by Crippen LogP contribution is 2.14.